The van der Waals surface area contributed by atoms with E-state index in [-0.39, 0.29) is 9.80 Å². The van der Waals surface area contributed by atoms with E-state index in [1.165, 1.54) is 17.7 Å². The van der Waals surface area contributed by atoms with Gasteiger partial charge in [-0.3, -0.25) is 4.90 Å². The molecule has 1 heterocycles. The summed E-state index contributed by atoms with van der Waals surface area (Å²) in [7, 11) is -3.95. The SMILES string of the molecule is CCCCc1ccc(N2C(N)=CSC2=C(C#N)S(=O)(=O)c2ccccc2)cc1. The molecule has 1 aliphatic heterocycles. The van der Waals surface area contributed by atoms with E-state index in [9.17, 15) is 13.7 Å². The van der Waals surface area contributed by atoms with E-state index in [0.29, 0.717) is 10.9 Å². The molecule has 5 nitrogen and oxygen atoms in total. The van der Waals surface area contributed by atoms with Crippen LogP contribution in [0, 0.1) is 11.3 Å². The third kappa shape index (κ3) is 3.93. The number of thioether (sulfide) groups is 1. The van der Waals surface area contributed by atoms with Gasteiger partial charge in [-0.15, -0.1) is 0 Å². The first-order chi connectivity index (χ1) is 13.5. The highest BCUT2D eigenvalue weighted by Gasteiger charge is 2.32. The molecule has 144 valence electrons. The minimum absolute atomic E-state index is 0.0833. The van der Waals surface area contributed by atoms with Crippen LogP contribution < -0.4 is 10.6 Å². The quantitative estimate of drug-likeness (QED) is 0.704. The van der Waals surface area contributed by atoms with Gasteiger partial charge in [0.2, 0.25) is 9.84 Å². The zero-order valence-electron chi connectivity index (χ0n) is 15.5. The Bertz CT molecular complexity index is 1050. The molecule has 0 aliphatic carbocycles. The van der Waals surface area contributed by atoms with Crippen molar-refractivity contribution in [2.45, 2.75) is 31.1 Å². The molecule has 0 atom stereocenters. The summed E-state index contributed by atoms with van der Waals surface area (Å²) in [5, 5.41) is 11.6. The van der Waals surface area contributed by atoms with Crippen molar-refractivity contribution in [3.05, 3.63) is 81.3 Å². The molecule has 0 bridgehead atoms. The van der Waals surface area contributed by atoms with Gasteiger partial charge >= 0.3 is 0 Å². The van der Waals surface area contributed by atoms with Gasteiger partial charge in [0.05, 0.1) is 4.90 Å². The predicted molar refractivity (Wildman–Crippen MR) is 114 cm³/mol. The number of aryl methyl sites for hydroxylation is 1. The summed E-state index contributed by atoms with van der Waals surface area (Å²) in [6.45, 7) is 2.15. The predicted octanol–water partition coefficient (Wildman–Crippen LogP) is 4.51. The monoisotopic (exact) mass is 411 g/mol. The minimum atomic E-state index is -3.95. The van der Waals surface area contributed by atoms with Crippen molar-refractivity contribution in [1.82, 2.24) is 0 Å². The molecule has 0 saturated heterocycles. The molecule has 0 saturated carbocycles. The number of rotatable bonds is 6. The van der Waals surface area contributed by atoms with Crippen LogP contribution in [0.3, 0.4) is 0 Å². The minimum Gasteiger partial charge on any atom is -0.384 e. The average molecular weight is 412 g/mol. The number of unbranched alkanes of at least 4 members (excludes halogenated alkanes) is 1. The molecule has 0 spiro atoms. The number of allylic oxidation sites excluding steroid dienone is 1. The van der Waals surface area contributed by atoms with Gasteiger partial charge in [-0.25, -0.2) is 8.42 Å². The zero-order chi connectivity index (χ0) is 20.1. The van der Waals surface area contributed by atoms with Crippen molar-refractivity contribution in [3.63, 3.8) is 0 Å². The standard InChI is InChI=1S/C21H21N3O2S2/c1-2-3-7-16-10-12-17(13-11-16)24-20(23)15-27-21(24)19(14-22)28(25,26)18-8-5-4-6-9-18/h4-6,8-13,15H,2-3,7,23H2,1H3. The van der Waals surface area contributed by atoms with Crippen LogP contribution in [0.25, 0.3) is 0 Å². The smallest absolute Gasteiger partial charge is 0.219 e. The second-order valence-corrected chi connectivity index (χ2v) is 9.07. The number of anilines is 1. The van der Waals surface area contributed by atoms with E-state index in [1.807, 2.05) is 30.3 Å². The van der Waals surface area contributed by atoms with Crippen LogP contribution in [-0.2, 0) is 16.3 Å². The number of hydrogen-bond donors (Lipinski definition) is 1. The Morgan fingerprint density at radius 3 is 2.43 bits per heavy atom. The van der Waals surface area contributed by atoms with Crippen LogP contribution >= 0.6 is 11.8 Å². The number of sulfone groups is 1. The molecule has 7 heteroatoms. The molecule has 0 fully saturated rings. The van der Waals surface area contributed by atoms with E-state index in [1.54, 1.807) is 28.5 Å². The molecular weight excluding hydrogens is 390 g/mol. The summed E-state index contributed by atoms with van der Waals surface area (Å²) < 4.78 is 26.0. The molecule has 1 aliphatic rings. The summed E-state index contributed by atoms with van der Waals surface area (Å²) in [5.41, 5.74) is 8.06. The number of benzene rings is 2. The fraction of sp³-hybridized carbons (Fsp3) is 0.190. The number of hydrogen-bond acceptors (Lipinski definition) is 6. The van der Waals surface area contributed by atoms with Crippen molar-refractivity contribution in [3.8, 4) is 6.07 Å². The van der Waals surface area contributed by atoms with Crippen LogP contribution in [0.2, 0.25) is 0 Å². The maximum atomic E-state index is 13.0. The Balaban J connectivity index is 2.03. The second-order valence-electron chi connectivity index (χ2n) is 6.33. The summed E-state index contributed by atoms with van der Waals surface area (Å²) in [6.07, 6.45) is 3.22. The van der Waals surface area contributed by atoms with Crippen molar-refractivity contribution in [2.75, 3.05) is 4.90 Å². The van der Waals surface area contributed by atoms with Crippen LogP contribution in [0.4, 0.5) is 5.69 Å². The topological polar surface area (TPSA) is 87.2 Å². The Labute approximate surface area is 170 Å². The summed E-state index contributed by atoms with van der Waals surface area (Å²) in [5.74, 6) is 0.386. The van der Waals surface area contributed by atoms with Gasteiger partial charge < -0.3 is 5.73 Å². The van der Waals surface area contributed by atoms with E-state index in [2.05, 4.69) is 6.92 Å². The zero-order valence-corrected chi connectivity index (χ0v) is 17.1. The lowest BCUT2D eigenvalue weighted by Crippen LogP contribution is -2.24. The lowest BCUT2D eigenvalue weighted by atomic mass is 10.1. The van der Waals surface area contributed by atoms with E-state index in [4.69, 9.17) is 5.73 Å². The Kier molecular flexibility index (Phi) is 6.12. The fourth-order valence-electron chi connectivity index (χ4n) is 2.89. The van der Waals surface area contributed by atoms with Crippen molar-refractivity contribution in [1.29, 1.82) is 5.26 Å². The largest absolute Gasteiger partial charge is 0.384 e. The maximum Gasteiger partial charge on any atom is 0.219 e. The van der Waals surface area contributed by atoms with Crippen LogP contribution in [0.15, 0.2) is 80.7 Å². The molecule has 0 amide bonds. The molecule has 2 aromatic rings. The molecule has 2 N–H and O–H groups in total. The summed E-state index contributed by atoms with van der Waals surface area (Å²) in [4.78, 5) is 1.39. The maximum absolute atomic E-state index is 13.0. The van der Waals surface area contributed by atoms with Gasteiger partial charge in [0.1, 0.15) is 16.9 Å². The second kappa shape index (κ2) is 8.55. The van der Waals surface area contributed by atoms with Crippen LogP contribution in [-0.4, -0.2) is 8.42 Å². The third-order valence-electron chi connectivity index (χ3n) is 4.38. The van der Waals surface area contributed by atoms with Gasteiger partial charge in [-0.2, -0.15) is 5.26 Å². The first-order valence-corrected chi connectivity index (χ1v) is 11.3. The molecule has 2 aromatic carbocycles. The highest BCUT2D eigenvalue weighted by atomic mass is 32.2. The van der Waals surface area contributed by atoms with Gasteiger partial charge in [-0.1, -0.05) is 55.4 Å². The van der Waals surface area contributed by atoms with Crippen LogP contribution in [0.1, 0.15) is 25.3 Å². The number of nitrogens with two attached hydrogens (primary N) is 1. The Morgan fingerprint density at radius 2 is 1.82 bits per heavy atom. The van der Waals surface area contributed by atoms with Crippen LogP contribution in [0.5, 0.6) is 0 Å². The molecule has 0 unspecified atom stereocenters. The average Bonchev–Trinajstić information content (AvgIpc) is 3.09. The highest BCUT2D eigenvalue weighted by Crippen LogP contribution is 2.40. The van der Waals surface area contributed by atoms with Crippen molar-refractivity contribution >= 4 is 27.3 Å². The third-order valence-corrected chi connectivity index (χ3v) is 7.20. The van der Waals surface area contributed by atoms with E-state index >= 15 is 0 Å². The van der Waals surface area contributed by atoms with E-state index < -0.39 is 9.84 Å². The summed E-state index contributed by atoms with van der Waals surface area (Å²) >= 11 is 1.14. The molecular formula is C21H21N3O2S2. The van der Waals surface area contributed by atoms with Gasteiger partial charge in [-0.05, 0) is 42.7 Å². The van der Waals surface area contributed by atoms with Crippen molar-refractivity contribution < 1.29 is 8.42 Å². The number of nitriles is 1. The van der Waals surface area contributed by atoms with Crippen molar-refractivity contribution in [2.24, 2.45) is 5.73 Å². The first-order valence-electron chi connectivity index (χ1n) is 8.95. The lowest BCUT2D eigenvalue weighted by Gasteiger charge is -2.22. The Hall–Kier alpha value is -2.69. The fourth-order valence-corrected chi connectivity index (χ4v) is 5.37. The van der Waals surface area contributed by atoms with Gasteiger partial charge in [0.15, 0.2) is 4.91 Å². The highest BCUT2D eigenvalue weighted by molar-refractivity contribution is 8.07. The van der Waals surface area contributed by atoms with E-state index in [0.717, 1.165) is 36.7 Å². The summed E-state index contributed by atoms with van der Waals surface area (Å²) in [6, 6.07) is 17.7. The number of nitrogens with zero attached hydrogens (tertiary/aromatic N) is 2. The normalized spacial score (nSPS) is 15.9. The van der Waals surface area contributed by atoms with Gasteiger partial charge in [0, 0.05) is 11.1 Å². The lowest BCUT2D eigenvalue weighted by molar-refractivity contribution is 0.603. The molecule has 0 aromatic heterocycles. The molecule has 3 rings (SSSR count). The van der Waals surface area contributed by atoms with Gasteiger partial charge in [0.25, 0.3) is 0 Å². The Morgan fingerprint density at radius 1 is 1.14 bits per heavy atom. The molecule has 0 radical (unpaired) electrons. The molecule has 28 heavy (non-hydrogen) atoms. The first kappa shape index (κ1) is 20.1.